The molecule has 0 saturated carbocycles. The Morgan fingerprint density at radius 2 is 1.96 bits per heavy atom. The lowest BCUT2D eigenvalue weighted by Crippen LogP contribution is -2.45. The molecule has 0 aliphatic carbocycles. The fraction of sp³-hybridized carbons (Fsp3) is 0.474. The van der Waals surface area contributed by atoms with Gasteiger partial charge in [-0.15, -0.1) is 0 Å². The number of aromatic nitrogens is 2. The minimum absolute atomic E-state index is 0.0940. The van der Waals surface area contributed by atoms with Crippen molar-refractivity contribution in [2.45, 2.75) is 39.3 Å². The fourth-order valence-electron chi connectivity index (χ4n) is 2.79. The van der Waals surface area contributed by atoms with Crippen molar-refractivity contribution in [3.8, 4) is 5.75 Å². The van der Waals surface area contributed by atoms with E-state index in [-0.39, 0.29) is 24.3 Å². The third-order valence-corrected chi connectivity index (χ3v) is 4.40. The Balaban J connectivity index is 1.45. The lowest BCUT2D eigenvalue weighted by Gasteiger charge is -2.23. The maximum absolute atomic E-state index is 12.3. The number of benzene rings is 1. The third kappa shape index (κ3) is 5.53. The summed E-state index contributed by atoms with van der Waals surface area (Å²) in [6.07, 6.45) is 1.37. The summed E-state index contributed by atoms with van der Waals surface area (Å²) >= 11 is 0. The van der Waals surface area contributed by atoms with Crippen LogP contribution in [-0.4, -0.2) is 41.2 Å². The molecular formula is C19H24N4O5. The molecule has 1 aromatic carbocycles. The molecule has 3 rings (SSSR count). The van der Waals surface area contributed by atoms with Crippen LogP contribution in [0.5, 0.6) is 5.75 Å². The second-order valence-corrected chi connectivity index (χ2v) is 6.65. The molecule has 1 aliphatic heterocycles. The van der Waals surface area contributed by atoms with Gasteiger partial charge >= 0.3 is 0 Å². The number of carbonyl (C=O) groups excluding carboxylic acids is 2. The maximum atomic E-state index is 12.3. The Bertz CT molecular complexity index is 799. The fourth-order valence-corrected chi connectivity index (χ4v) is 2.79. The van der Waals surface area contributed by atoms with Gasteiger partial charge in [0, 0.05) is 31.7 Å². The quantitative estimate of drug-likeness (QED) is 0.743. The summed E-state index contributed by atoms with van der Waals surface area (Å²) in [5.74, 6) is 1.08. The highest BCUT2D eigenvalue weighted by Crippen LogP contribution is 2.17. The first kappa shape index (κ1) is 19.8. The molecule has 1 saturated heterocycles. The summed E-state index contributed by atoms with van der Waals surface area (Å²) in [7, 11) is 0. The summed E-state index contributed by atoms with van der Waals surface area (Å²) in [5.41, 5.74) is 0.611. The van der Waals surface area contributed by atoms with E-state index in [2.05, 4.69) is 20.8 Å². The van der Waals surface area contributed by atoms with Crippen LogP contribution in [0.2, 0.25) is 0 Å². The number of ether oxygens (including phenoxy) is 2. The lowest BCUT2D eigenvalue weighted by atomic mass is 9.99. The van der Waals surface area contributed by atoms with Crippen LogP contribution < -0.4 is 15.4 Å². The van der Waals surface area contributed by atoms with Gasteiger partial charge in [0.15, 0.2) is 6.61 Å². The van der Waals surface area contributed by atoms with Crippen molar-refractivity contribution in [2.24, 2.45) is 5.92 Å². The van der Waals surface area contributed by atoms with E-state index in [1.54, 1.807) is 38.1 Å². The summed E-state index contributed by atoms with van der Waals surface area (Å²) in [5, 5.41) is 9.30. The SMILES string of the molecule is Cc1nc(COc2ccc(NC(=O)[C@@H](C)NC(=O)C3CCOCC3)cc2)no1. The summed E-state index contributed by atoms with van der Waals surface area (Å²) < 4.78 is 15.7. The second-order valence-electron chi connectivity index (χ2n) is 6.65. The topological polar surface area (TPSA) is 116 Å². The third-order valence-electron chi connectivity index (χ3n) is 4.40. The van der Waals surface area contributed by atoms with Gasteiger partial charge in [-0.3, -0.25) is 9.59 Å². The minimum Gasteiger partial charge on any atom is -0.485 e. The number of hydrogen-bond acceptors (Lipinski definition) is 7. The monoisotopic (exact) mass is 388 g/mol. The van der Waals surface area contributed by atoms with E-state index in [1.807, 2.05) is 0 Å². The number of nitrogens with zero attached hydrogens (tertiary/aromatic N) is 2. The highest BCUT2D eigenvalue weighted by molar-refractivity contribution is 5.97. The normalized spacial score (nSPS) is 15.6. The molecule has 0 unspecified atom stereocenters. The number of nitrogens with one attached hydrogen (secondary N) is 2. The molecule has 0 spiro atoms. The predicted octanol–water partition coefficient (Wildman–Crippen LogP) is 1.83. The molecule has 2 N–H and O–H groups in total. The average molecular weight is 388 g/mol. The van der Waals surface area contributed by atoms with Crippen LogP contribution >= 0.6 is 0 Å². The molecule has 2 amide bonds. The van der Waals surface area contributed by atoms with Gasteiger partial charge in [-0.05, 0) is 44.0 Å². The average Bonchev–Trinajstić information content (AvgIpc) is 3.13. The molecule has 1 aliphatic rings. The lowest BCUT2D eigenvalue weighted by molar-refractivity contribution is -0.131. The Morgan fingerprint density at radius 1 is 1.25 bits per heavy atom. The largest absolute Gasteiger partial charge is 0.485 e. The molecule has 1 atom stereocenters. The van der Waals surface area contributed by atoms with Gasteiger partial charge in [0.2, 0.25) is 23.5 Å². The van der Waals surface area contributed by atoms with E-state index in [0.29, 0.717) is 49.2 Å². The van der Waals surface area contributed by atoms with Gasteiger partial charge in [-0.25, -0.2) is 0 Å². The second kappa shape index (κ2) is 9.32. The molecular weight excluding hydrogens is 364 g/mol. The highest BCUT2D eigenvalue weighted by atomic mass is 16.5. The Morgan fingerprint density at radius 3 is 2.61 bits per heavy atom. The summed E-state index contributed by atoms with van der Waals surface area (Å²) in [4.78, 5) is 28.6. The smallest absolute Gasteiger partial charge is 0.246 e. The van der Waals surface area contributed by atoms with Crippen LogP contribution in [-0.2, 0) is 20.9 Å². The molecule has 1 aromatic heterocycles. The number of carbonyl (C=O) groups is 2. The van der Waals surface area contributed by atoms with Gasteiger partial charge in [0.05, 0.1) is 0 Å². The molecule has 28 heavy (non-hydrogen) atoms. The van der Waals surface area contributed by atoms with Gasteiger partial charge in [-0.2, -0.15) is 4.98 Å². The first-order valence-electron chi connectivity index (χ1n) is 9.22. The van der Waals surface area contributed by atoms with Crippen molar-refractivity contribution >= 4 is 17.5 Å². The van der Waals surface area contributed by atoms with E-state index in [0.717, 1.165) is 0 Å². The Hall–Kier alpha value is -2.94. The van der Waals surface area contributed by atoms with E-state index in [4.69, 9.17) is 14.0 Å². The molecule has 2 aromatic rings. The van der Waals surface area contributed by atoms with E-state index in [1.165, 1.54) is 0 Å². The Kier molecular flexibility index (Phi) is 6.59. The van der Waals surface area contributed by atoms with Crippen LogP contribution in [0, 0.1) is 12.8 Å². The summed E-state index contributed by atoms with van der Waals surface area (Å²) in [6.45, 7) is 4.73. The first-order valence-corrected chi connectivity index (χ1v) is 9.22. The molecule has 0 radical (unpaired) electrons. The maximum Gasteiger partial charge on any atom is 0.246 e. The zero-order chi connectivity index (χ0) is 19.9. The van der Waals surface area contributed by atoms with E-state index < -0.39 is 6.04 Å². The Labute approximate surface area is 162 Å². The minimum atomic E-state index is -0.632. The van der Waals surface area contributed by atoms with Crippen molar-refractivity contribution in [3.05, 3.63) is 36.0 Å². The van der Waals surface area contributed by atoms with Crippen molar-refractivity contribution in [2.75, 3.05) is 18.5 Å². The number of anilines is 1. The molecule has 0 bridgehead atoms. The van der Waals surface area contributed by atoms with E-state index in [9.17, 15) is 9.59 Å². The van der Waals surface area contributed by atoms with Crippen molar-refractivity contribution in [1.82, 2.24) is 15.5 Å². The molecule has 150 valence electrons. The molecule has 9 nitrogen and oxygen atoms in total. The molecule has 1 fully saturated rings. The zero-order valence-electron chi connectivity index (χ0n) is 15.9. The summed E-state index contributed by atoms with van der Waals surface area (Å²) in [6, 6.07) is 6.28. The highest BCUT2D eigenvalue weighted by Gasteiger charge is 2.24. The van der Waals surface area contributed by atoms with Crippen LogP contribution in [0.15, 0.2) is 28.8 Å². The molecule has 2 heterocycles. The van der Waals surface area contributed by atoms with Gasteiger partial charge in [0.25, 0.3) is 0 Å². The zero-order valence-corrected chi connectivity index (χ0v) is 15.9. The van der Waals surface area contributed by atoms with Crippen LogP contribution in [0.4, 0.5) is 5.69 Å². The van der Waals surface area contributed by atoms with Crippen molar-refractivity contribution in [1.29, 1.82) is 0 Å². The van der Waals surface area contributed by atoms with Gasteiger partial charge < -0.3 is 24.6 Å². The van der Waals surface area contributed by atoms with Crippen LogP contribution in [0.1, 0.15) is 31.5 Å². The van der Waals surface area contributed by atoms with Gasteiger partial charge in [-0.1, -0.05) is 5.16 Å². The number of aryl methyl sites for hydroxylation is 1. The molecule has 9 heteroatoms. The number of rotatable bonds is 7. The van der Waals surface area contributed by atoms with Crippen LogP contribution in [0.3, 0.4) is 0 Å². The van der Waals surface area contributed by atoms with Crippen molar-refractivity contribution < 1.29 is 23.6 Å². The first-order chi connectivity index (χ1) is 13.5. The van der Waals surface area contributed by atoms with Crippen molar-refractivity contribution in [3.63, 3.8) is 0 Å². The van der Waals surface area contributed by atoms with Crippen LogP contribution in [0.25, 0.3) is 0 Å². The van der Waals surface area contributed by atoms with E-state index >= 15 is 0 Å². The number of amides is 2. The standard InChI is InChI=1S/C19H24N4O5/c1-12(20-19(25)14-7-9-26-10-8-14)18(24)22-15-3-5-16(6-4-15)27-11-17-21-13(2)28-23-17/h3-6,12,14H,7-11H2,1-2H3,(H,20,25)(H,22,24)/t12-/m1/s1. The number of hydrogen-bond donors (Lipinski definition) is 2. The van der Waals surface area contributed by atoms with Gasteiger partial charge in [0.1, 0.15) is 11.8 Å². The predicted molar refractivity (Wildman–Crippen MR) is 99.6 cm³/mol.